The number of ether oxygens (including phenoxy) is 1. The van der Waals surface area contributed by atoms with Crippen molar-refractivity contribution in [2.24, 2.45) is 5.92 Å². The van der Waals surface area contributed by atoms with Gasteiger partial charge in [0.25, 0.3) is 0 Å². The van der Waals surface area contributed by atoms with Crippen molar-refractivity contribution < 1.29 is 13.9 Å². The second-order valence-corrected chi connectivity index (χ2v) is 9.08. The Balaban J connectivity index is 1.28. The van der Waals surface area contributed by atoms with Crippen molar-refractivity contribution in [1.82, 2.24) is 15.3 Å². The number of hydrogen-bond acceptors (Lipinski definition) is 6. The van der Waals surface area contributed by atoms with E-state index in [1.54, 1.807) is 4.90 Å². The third-order valence-corrected chi connectivity index (χ3v) is 6.40. The van der Waals surface area contributed by atoms with E-state index in [1.807, 2.05) is 25.9 Å². The normalized spacial score (nSPS) is 19.5. The van der Waals surface area contributed by atoms with Gasteiger partial charge in [-0.1, -0.05) is 24.3 Å². The van der Waals surface area contributed by atoms with E-state index in [-0.39, 0.29) is 23.7 Å². The number of carbonyl (C=O) groups excluding carboxylic acids is 1. The molecule has 2 aliphatic heterocycles. The lowest BCUT2D eigenvalue weighted by atomic mass is 9.95. The zero-order chi connectivity index (χ0) is 22.7. The molecule has 4 rings (SSSR count). The fourth-order valence-electron chi connectivity index (χ4n) is 4.19. The minimum atomic E-state index is -0.366. The third-order valence-electron chi connectivity index (χ3n) is 6.40. The summed E-state index contributed by atoms with van der Waals surface area (Å²) in [4.78, 5) is 24.6. The quantitative estimate of drug-likeness (QED) is 0.679. The number of nitrogens with one attached hydrogen (secondary N) is 1. The third kappa shape index (κ3) is 5.18. The van der Waals surface area contributed by atoms with Crippen molar-refractivity contribution in [2.75, 3.05) is 50.2 Å². The zero-order valence-corrected chi connectivity index (χ0v) is 19.1. The Morgan fingerprint density at radius 1 is 1.31 bits per heavy atom. The lowest BCUT2D eigenvalue weighted by molar-refractivity contribution is -0.126. The predicted molar refractivity (Wildman–Crippen MR) is 123 cm³/mol. The molecule has 1 aromatic carbocycles. The van der Waals surface area contributed by atoms with E-state index in [2.05, 4.69) is 39.6 Å². The number of nitrogens with zero attached hydrogens (tertiary/aromatic N) is 4. The summed E-state index contributed by atoms with van der Waals surface area (Å²) in [6.45, 7) is 4.77. The number of carbonyl (C=O) groups is 1. The van der Waals surface area contributed by atoms with Crippen molar-refractivity contribution in [3.05, 3.63) is 47.4 Å². The summed E-state index contributed by atoms with van der Waals surface area (Å²) in [6.07, 6.45) is 4.30. The number of aryl methyl sites for hydroxylation is 1. The van der Waals surface area contributed by atoms with Gasteiger partial charge in [-0.25, -0.2) is 9.37 Å². The Hall–Kier alpha value is -2.74. The topological polar surface area (TPSA) is 70.6 Å². The summed E-state index contributed by atoms with van der Waals surface area (Å²) < 4.78 is 19.4. The Kier molecular flexibility index (Phi) is 6.89. The standard InChI is InChI=1S/C24H32FN5O2/c1-16(23(31)27-20-14-32-15-20)19-8-6-17(7-9-19)4-5-18-10-11-30(13-18)22-21(25)12-26-24(28-22)29(2)3/h6-9,12,16,18,20H,4-5,10-11,13-15H2,1-3H3,(H,27,31)/t16?,18-/m1/s1. The van der Waals surface area contributed by atoms with Crippen LogP contribution in [0, 0.1) is 11.7 Å². The minimum Gasteiger partial charge on any atom is -0.377 e. The maximum Gasteiger partial charge on any atom is 0.227 e. The Morgan fingerprint density at radius 3 is 2.72 bits per heavy atom. The van der Waals surface area contributed by atoms with Crippen LogP contribution in [0.1, 0.15) is 36.8 Å². The van der Waals surface area contributed by atoms with Gasteiger partial charge < -0.3 is 19.9 Å². The lowest BCUT2D eigenvalue weighted by Crippen LogP contribution is -2.49. The second kappa shape index (κ2) is 9.81. The molecule has 0 bridgehead atoms. The van der Waals surface area contributed by atoms with E-state index in [0.29, 0.717) is 30.9 Å². The summed E-state index contributed by atoms with van der Waals surface area (Å²) in [5, 5.41) is 3.02. The molecule has 8 heteroatoms. The molecule has 2 fully saturated rings. The summed E-state index contributed by atoms with van der Waals surface area (Å²) >= 11 is 0. The largest absolute Gasteiger partial charge is 0.377 e. The first-order chi connectivity index (χ1) is 15.4. The van der Waals surface area contributed by atoms with Gasteiger partial charge in [0.2, 0.25) is 11.9 Å². The molecular weight excluding hydrogens is 409 g/mol. The first-order valence-corrected chi connectivity index (χ1v) is 11.3. The molecule has 0 radical (unpaired) electrons. The van der Waals surface area contributed by atoms with Crippen LogP contribution in [0.4, 0.5) is 16.2 Å². The molecule has 7 nitrogen and oxygen atoms in total. The molecule has 0 spiro atoms. The van der Waals surface area contributed by atoms with Crippen molar-refractivity contribution in [3.63, 3.8) is 0 Å². The molecule has 3 heterocycles. The predicted octanol–water partition coefficient (Wildman–Crippen LogP) is 2.76. The van der Waals surface area contributed by atoms with E-state index in [1.165, 1.54) is 11.8 Å². The second-order valence-electron chi connectivity index (χ2n) is 9.08. The summed E-state index contributed by atoms with van der Waals surface area (Å²) in [5.41, 5.74) is 2.28. The van der Waals surface area contributed by atoms with Crippen molar-refractivity contribution in [1.29, 1.82) is 0 Å². The van der Waals surface area contributed by atoms with Crippen LogP contribution in [-0.2, 0) is 16.0 Å². The van der Waals surface area contributed by atoms with Crippen LogP contribution in [0.5, 0.6) is 0 Å². The van der Waals surface area contributed by atoms with Crippen LogP contribution >= 0.6 is 0 Å². The lowest BCUT2D eigenvalue weighted by Gasteiger charge is -2.28. The highest BCUT2D eigenvalue weighted by Crippen LogP contribution is 2.28. The van der Waals surface area contributed by atoms with Gasteiger partial charge in [-0.05, 0) is 43.2 Å². The van der Waals surface area contributed by atoms with Gasteiger partial charge in [-0.3, -0.25) is 4.79 Å². The highest BCUT2D eigenvalue weighted by atomic mass is 19.1. The monoisotopic (exact) mass is 441 g/mol. The van der Waals surface area contributed by atoms with Gasteiger partial charge >= 0.3 is 0 Å². The molecule has 2 atom stereocenters. The van der Waals surface area contributed by atoms with E-state index in [0.717, 1.165) is 37.9 Å². The van der Waals surface area contributed by atoms with E-state index < -0.39 is 0 Å². The van der Waals surface area contributed by atoms with E-state index in [9.17, 15) is 9.18 Å². The zero-order valence-electron chi connectivity index (χ0n) is 19.1. The number of aromatic nitrogens is 2. The Bertz CT molecular complexity index is 932. The van der Waals surface area contributed by atoms with Crippen LogP contribution in [-0.4, -0.2) is 62.3 Å². The van der Waals surface area contributed by atoms with Gasteiger partial charge in [0, 0.05) is 27.2 Å². The van der Waals surface area contributed by atoms with Crippen molar-refractivity contribution in [2.45, 2.75) is 38.1 Å². The smallest absolute Gasteiger partial charge is 0.227 e. The van der Waals surface area contributed by atoms with Crippen molar-refractivity contribution >= 4 is 17.7 Å². The highest BCUT2D eigenvalue weighted by molar-refractivity contribution is 5.83. The number of rotatable bonds is 8. The Labute approximate surface area is 189 Å². The number of amides is 1. The SMILES string of the molecule is CC(C(=O)NC1COC1)c1ccc(CC[C@@H]2CCN(c3nc(N(C)C)ncc3F)C2)cc1. The number of halogens is 1. The molecule has 1 N–H and O–H groups in total. The first kappa shape index (κ1) is 22.5. The summed E-state index contributed by atoms with van der Waals surface area (Å²) in [7, 11) is 3.71. The van der Waals surface area contributed by atoms with Crippen LogP contribution in [0.15, 0.2) is 30.5 Å². The molecule has 32 heavy (non-hydrogen) atoms. The molecule has 0 aliphatic carbocycles. The van der Waals surface area contributed by atoms with Crippen molar-refractivity contribution in [3.8, 4) is 0 Å². The maximum atomic E-state index is 14.3. The summed E-state index contributed by atoms with van der Waals surface area (Å²) in [6, 6.07) is 8.49. The minimum absolute atomic E-state index is 0.0477. The molecule has 2 saturated heterocycles. The van der Waals surface area contributed by atoms with Gasteiger partial charge in [0.15, 0.2) is 11.6 Å². The molecular formula is C24H32FN5O2. The first-order valence-electron chi connectivity index (χ1n) is 11.3. The van der Waals surface area contributed by atoms with Gasteiger partial charge in [0.05, 0.1) is 31.4 Å². The van der Waals surface area contributed by atoms with Gasteiger partial charge in [0.1, 0.15) is 0 Å². The molecule has 2 aliphatic rings. The van der Waals surface area contributed by atoms with E-state index in [4.69, 9.17) is 4.74 Å². The highest BCUT2D eigenvalue weighted by Gasteiger charge is 2.26. The number of hydrogen-bond donors (Lipinski definition) is 1. The molecule has 2 aromatic rings. The molecule has 172 valence electrons. The fraction of sp³-hybridized carbons (Fsp3) is 0.542. The number of anilines is 2. The number of benzene rings is 1. The van der Waals surface area contributed by atoms with Gasteiger partial charge in [-0.2, -0.15) is 4.98 Å². The van der Waals surface area contributed by atoms with Crippen LogP contribution in [0.25, 0.3) is 0 Å². The molecule has 0 saturated carbocycles. The Morgan fingerprint density at radius 2 is 2.06 bits per heavy atom. The average molecular weight is 442 g/mol. The van der Waals surface area contributed by atoms with Gasteiger partial charge in [-0.15, -0.1) is 0 Å². The van der Waals surface area contributed by atoms with Crippen LogP contribution in [0.3, 0.4) is 0 Å². The molecule has 1 unspecified atom stereocenters. The summed E-state index contributed by atoms with van der Waals surface area (Å²) in [5.74, 6) is 0.926. The molecule has 1 aromatic heterocycles. The van der Waals surface area contributed by atoms with Crippen LogP contribution in [0.2, 0.25) is 0 Å². The molecule has 1 amide bonds. The average Bonchev–Trinajstić information content (AvgIpc) is 3.23. The fourth-order valence-corrected chi connectivity index (χ4v) is 4.19. The maximum absolute atomic E-state index is 14.3. The van der Waals surface area contributed by atoms with Crippen LogP contribution < -0.4 is 15.1 Å². The van der Waals surface area contributed by atoms with E-state index >= 15 is 0 Å².